The molecule has 3 rings (SSSR count). The number of aryl methyl sites for hydroxylation is 1. The fraction of sp³-hybridized carbons (Fsp3) is 0.167. The van der Waals surface area contributed by atoms with Gasteiger partial charge in [0.1, 0.15) is 5.75 Å². The van der Waals surface area contributed by atoms with Crippen LogP contribution in [0.2, 0.25) is 0 Å². The lowest BCUT2D eigenvalue weighted by atomic mass is 10.00. The normalized spacial score (nSPS) is 10.8. The second-order valence-electron chi connectivity index (χ2n) is 5.15. The summed E-state index contributed by atoms with van der Waals surface area (Å²) in [4.78, 5) is 15.7. The van der Waals surface area contributed by atoms with E-state index in [2.05, 4.69) is 4.98 Å². The van der Waals surface area contributed by atoms with Crippen LogP contribution in [0.25, 0.3) is 10.9 Å². The number of hydrogen-bond donors (Lipinski definition) is 1. The van der Waals surface area contributed by atoms with Crippen LogP contribution >= 0.6 is 0 Å². The first-order chi connectivity index (χ1) is 10.2. The van der Waals surface area contributed by atoms with Gasteiger partial charge < -0.3 is 9.72 Å². The van der Waals surface area contributed by atoms with E-state index in [9.17, 15) is 4.79 Å². The molecule has 3 nitrogen and oxygen atoms in total. The fourth-order valence-electron chi connectivity index (χ4n) is 2.61. The maximum atomic E-state index is 12.5. The zero-order valence-electron chi connectivity index (χ0n) is 12.1. The predicted molar refractivity (Wildman–Crippen MR) is 84.1 cm³/mol. The number of aromatic amines is 1. The zero-order valence-corrected chi connectivity index (χ0v) is 12.1. The van der Waals surface area contributed by atoms with E-state index in [0.29, 0.717) is 6.42 Å². The van der Waals surface area contributed by atoms with Crippen molar-refractivity contribution in [3.8, 4) is 5.75 Å². The third-order valence-electron chi connectivity index (χ3n) is 3.74. The van der Waals surface area contributed by atoms with Gasteiger partial charge in [0, 0.05) is 29.1 Å². The number of rotatable bonds is 4. The summed E-state index contributed by atoms with van der Waals surface area (Å²) < 4.78 is 5.13. The van der Waals surface area contributed by atoms with E-state index in [4.69, 9.17) is 4.74 Å². The van der Waals surface area contributed by atoms with Gasteiger partial charge in [-0.05, 0) is 36.2 Å². The minimum atomic E-state index is 0.126. The molecule has 0 saturated heterocycles. The summed E-state index contributed by atoms with van der Waals surface area (Å²) in [6, 6.07) is 13.6. The van der Waals surface area contributed by atoms with Crippen molar-refractivity contribution in [2.75, 3.05) is 7.11 Å². The van der Waals surface area contributed by atoms with Crippen LogP contribution in [0, 0.1) is 6.92 Å². The predicted octanol–water partition coefficient (Wildman–Crippen LogP) is 3.91. The third-order valence-corrected chi connectivity index (χ3v) is 3.74. The van der Waals surface area contributed by atoms with Crippen LogP contribution in [0.1, 0.15) is 21.5 Å². The van der Waals surface area contributed by atoms with Gasteiger partial charge in [-0.15, -0.1) is 0 Å². The molecule has 0 spiro atoms. The molecule has 0 saturated carbocycles. The summed E-state index contributed by atoms with van der Waals surface area (Å²) in [6.45, 7) is 2.03. The number of benzene rings is 2. The molecule has 0 bridgehead atoms. The molecule has 0 unspecified atom stereocenters. The molecule has 0 aliphatic heterocycles. The van der Waals surface area contributed by atoms with Crippen molar-refractivity contribution < 1.29 is 9.53 Å². The van der Waals surface area contributed by atoms with Crippen LogP contribution in [0.4, 0.5) is 0 Å². The van der Waals surface area contributed by atoms with E-state index in [0.717, 1.165) is 33.3 Å². The van der Waals surface area contributed by atoms with E-state index >= 15 is 0 Å². The Hall–Kier alpha value is -2.55. The Labute approximate surface area is 123 Å². The average Bonchev–Trinajstić information content (AvgIpc) is 2.93. The molecule has 0 aliphatic carbocycles. The number of methoxy groups -OCH3 is 1. The van der Waals surface area contributed by atoms with Crippen molar-refractivity contribution in [3.05, 3.63) is 65.4 Å². The highest BCUT2D eigenvalue weighted by Crippen LogP contribution is 2.23. The van der Waals surface area contributed by atoms with E-state index in [1.807, 2.05) is 55.6 Å². The largest absolute Gasteiger partial charge is 0.497 e. The van der Waals surface area contributed by atoms with Crippen molar-refractivity contribution in [1.82, 2.24) is 4.98 Å². The van der Waals surface area contributed by atoms with Crippen molar-refractivity contribution in [2.45, 2.75) is 13.3 Å². The van der Waals surface area contributed by atoms with Gasteiger partial charge in [0.15, 0.2) is 5.78 Å². The molecule has 0 radical (unpaired) electrons. The van der Waals surface area contributed by atoms with Crippen LogP contribution in [-0.4, -0.2) is 17.9 Å². The van der Waals surface area contributed by atoms with Gasteiger partial charge in [-0.2, -0.15) is 0 Å². The number of carbonyl (C=O) groups excluding carboxylic acids is 1. The molecule has 1 aromatic heterocycles. The highest BCUT2D eigenvalue weighted by Gasteiger charge is 2.14. The minimum absolute atomic E-state index is 0.126. The quantitative estimate of drug-likeness (QED) is 0.736. The molecule has 1 N–H and O–H groups in total. The number of hydrogen-bond acceptors (Lipinski definition) is 2. The summed E-state index contributed by atoms with van der Waals surface area (Å²) in [6.07, 6.45) is 2.20. The smallest absolute Gasteiger partial charge is 0.169 e. The van der Waals surface area contributed by atoms with Gasteiger partial charge in [0.2, 0.25) is 0 Å². The Morgan fingerprint density at radius 1 is 1.14 bits per heavy atom. The van der Waals surface area contributed by atoms with E-state index in [1.165, 1.54) is 0 Å². The SMILES string of the molecule is COc1ccc(CC(=O)c2c[nH]c3cccc(C)c23)cc1. The summed E-state index contributed by atoms with van der Waals surface area (Å²) in [5, 5.41) is 1.02. The van der Waals surface area contributed by atoms with Gasteiger partial charge >= 0.3 is 0 Å². The molecule has 0 amide bonds. The highest BCUT2D eigenvalue weighted by atomic mass is 16.5. The molecule has 2 aromatic carbocycles. The zero-order chi connectivity index (χ0) is 14.8. The van der Waals surface area contributed by atoms with Crippen molar-refractivity contribution in [1.29, 1.82) is 0 Å². The van der Waals surface area contributed by atoms with Crippen LogP contribution in [0.15, 0.2) is 48.7 Å². The fourth-order valence-corrected chi connectivity index (χ4v) is 2.61. The standard InChI is InChI=1S/C18H17NO2/c1-12-4-3-5-16-18(12)15(11-19-16)17(20)10-13-6-8-14(21-2)9-7-13/h3-9,11,19H,10H2,1-2H3. The highest BCUT2D eigenvalue weighted by molar-refractivity contribution is 6.09. The molecule has 106 valence electrons. The van der Waals surface area contributed by atoms with E-state index in [1.54, 1.807) is 7.11 Å². The summed E-state index contributed by atoms with van der Waals surface area (Å²) in [7, 11) is 1.63. The number of H-pyrrole nitrogens is 1. The molecule has 1 heterocycles. The molecule has 0 fully saturated rings. The second kappa shape index (κ2) is 5.44. The molecule has 3 heteroatoms. The average molecular weight is 279 g/mol. The molecular weight excluding hydrogens is 262 g/mol. The summed E-state index contributed by atoms with van der Waals surface area (Å²) >= 11 is 0. The minimum Gasteiger partial charge on any atom is -0.497 e. The Balaban J connectivity index is 1.90. The molecule has 21 heavy (non-hydrogen) atoms. The van der Waals surface area contributed by atoms with Gasteiger partial charge in [0.25, 0.3) is 0 Å². The van der Waals surface area contributed by atoms with Gasteiger partial charge in [0.05, 0.1) is 7.11 Å². The monoisotopic (exact) mass is 279 g/mol. The number of aromatic nitrogens is 1. The number of carbonyl (C=O) groups is 1. The van der Waals surface area contributed by atoms with Gasteiger partial charge in [-0.1, -0.05) is 24.3 Å². The first-order valence-corrected chi connectivity index (χ1v) is 6.92. The number of Topliss-reactive ketones (excluding diaryl/α,β-unsaturated/α-hetero) is 1. The van der Waals surface area contributed by atoms with Gasteiger partial charge in [-0.3, -0.25) is 4.79 Å². The Bertz CT molecular complexity index is 785. The van der Waals surface area contributed by atoms with Crippen LogP contribution < -0.4 is 4.74 Å². The summed E-state index contributed by atoms with van der Waals surface area (Å²) in [5.41, 5.74) is 3.88. The molecule has 0 atom stereocenters. The van der Waals surface area contributed by atoms with Crippen LogP contribution in [-0.2, 0) is 6.42 Å². The van der Waals surface area contributed by atoms with Crippen molar-refractivity contribution in [2.24, 2.45) is 0 Å². The van der Waals surface area contributed by atoms with E-state index < -0.39 is 0 Å². The lowest BCUT2D eigenvalue weighted by molar-refractivity contribution is 0.0994. The number of ketones is 1. The molecule has 0 aliphatic rings. The summed E-state index contributed by atoms with van der Waals surface area (Å²) in [5.74, 6) is 0.926. The second-order valence-corrected chi connectivity index (χ2v) is 5.15. The lowest BCUT2D eigenvalue weighted by Crippen LogP contribution is -2.03. The van der Waals surface area contributed by atoms with Crippen molar-refractivity contribution in [3.63, 3.8) is 0 Å². The van der Waals surface area contributed by atoms with Crippen molar-refractivity contribution >= 4 is 16.7 Å². The van der Waals surface area contributed by atoms with E-state index in [-0.39, 0.29) is 5.78 Å². The molecular formula is C18H17NO2. The first kappa shape index (κ1) is 13.4. The number of fused-ring (bicyclic) bond motifs is 1. The Morgan fingerprint density at radius 3 is 2.62 bits per heavy atom. The Kier molecular flexibility index (Phi) is 3.48. The topological polar surface area (TPSA) is 42.1 Å². The Morgan fingerprint density at radius 2 is 1.90 bits per heavy atom. The third kappa shape index (κ3) is 2.55. The van der Waals surface area contributed by atoms with Crippen LogP contribution in [0.5, 0.6) is 5.75 Å². The number of nitrogens with one attached hydrogen (secondary N) is 1. The molecule has 3 aromatic rings. The van der Waals surface area contributed by atoms with Gasteiger partial charge in [-0.25, -0.2) is 0 Å². The first-order valence-electron chi connectivity index (χ1n) is 6.92. The lowest BCUT2D eigenvalue weighted by Gasteiger charge is -2.04. The van der Waals surface area contributed by atoms with Crippen LogP contribution in [0.3, 0.4) is 0 Å². The maximum Gasteiger partial charge on any atom is 0.169 e. The maximum absolute atomic E-state index is 12.5. The number of ether oxygens (including phenoxy) is 1.